The highest BCUT2D eigenvalue weighted by atomic mass is 16.6. The molecule has 2 aromatic rings. The number of carbonyl (C=O) groups excluding carboxylic acids is 4. The predicted octanol–water partition coefficient (Wildman–Crippen LogP) is 5.31. The minimum absolute atomic E-state index is 0.110. The molecule has 3 aliphatic rings. The fraction of sp³-hybridized carbons (Fsp3) is 0.512. The second kappa shape index (κ2) is 15.5. The number of rotatable bonds is 15. The molecule has 3 amide bonds. The number of hydrogen-bond acceptors (Lipinski definition) is 7. The van der Waals surface area contributed by atoms with Crippen LogP contribution in [0.3, 0.4) is 0 Å². The molecule has 0 aromatic heterocycles. The van der Waals surface area contributed by atoms with Gasteiger partial charge in [0.1, 0.15) is 17.7 Å². The first-order chi connectivity index (χ1) is 24.3. The normalized spacial score (nSPS) is 25.3. The lowest BCUT2D eigenvalue weighted by Gasteiger charge is -2.40. The van der Waals surface area contributed by atoms with Gasteiger partial charge in [0.15, 0.2) is 0 Å². The number of anilines is 1. The molecular formula is C41H53N3O7. The quantitative estimate of drug-likeness (QED) is 0.198. The second-order valence-corrected chi connectivity index (χ2v) is 14.7. The van der Waals surface area contributed by atoms with E-state index in [1.165, 1.54) is 4.90 Å². The van der Waals surface area contributed by atoms with Crippen molar-refractivity contribution in [2.45, 2.75) is 96.2 Å². The van der Waals surface area contributed by atoms with Crippen LogP contribution in [0.4, 0.5) is 5.69 Å². The van der Waals surface area contributed by atoms with Crippen molar-refractivity contribution in [1.29, 1.82) is 0 Å². The van der Waals surface area contributed by atoms with Gasteiger partial charge in [0.05, 0.1) is 36.6 Å². The Morgan fingerprint density at radius 1 is 1.10 bits per heavy atom. The molecule has 0 saturated carbocycles. The summed E-state index contributed by atoms with van der Waals surface area (Å²) in [6.07, 6.45) is 3.53. The van der Waals surface area contributed by atoms with Gasteiger partial charge in [-0.3, -0.25) is 19.2 Å². The molecule has 51 heavy (non-hydrogen) atoms. The number of aliphatic hydroxyl groups is 1. The molecule has 10 heteroatoms. The molecule has 3 saturated heterocycles. The van der Waals surface area contributed by atoms with Crippen molar-refractivity contribution in [1.82, 2.24) is 9.80 Å². The van der Waals surface area contributed by atoms with E-state index in [9.17, 15) is 19.5 Å². The zero-order chi connectivity index (χ0) is 37.2. The fourth-order valence-corrected chi connectivity index (χ4v) is 8.33. The molecule has 1 spiro atoms. The summed E-state index contributed by atoms with van der Waals surface area (Å²) in [6.45, 7) is 17.0. The molecule has 3 fully saturated rings. The lowest BCUT2D eigenvalue weighted by Crippen LogP contribution is -2.60. The van der Waals surface area contributed by atoms with Crippen LogP contribution >= 0.6 is 0 Å². The highest BCUT2D eigenvalue weighted by Crippen LogP contribution is 2.59. The number of hydrogen-bond donors (Lipinski definition) is 1. The number of ether oxygens (including phenoxy) is 2. The zero-order valence-corrected chi connectivity index (χ0v) is 30.8. The van der Waals surface area contributed by atoms with Crippen LogP contribution in [-0.4, -0.2) is 88.6 Å². The van der Waals surface area contributed by atoms with Crippen LogP contribution in [0.25, 0.3) is 0 Å². The van der Waals surface area contributed by atoms with E-state index in [0.717, 1.165) is 11.1 Å². The Labute approximate surface area is 302 Å². The number of benzene rings is 2. The summed E-state index contributed by atoms with van der Waals surface area (Å²) in [5, 5.41) is 10.7. The number of carbonyl (C=O) groups is 4. The van der Waals surface area contributed by atoms with Gasteiger partial charge >= 0.3 is 5.97 Å². The molecule has 2 bridgehead atoms. The first-order valence-corrected chi connectivity index (χ1v) is 18.0. The number of aryl methyl sites for hydroxylation is 2. The number of likely N-dealkylation sites (N-methyl/N-ethyl adjacent to an activating group) is 1. The molecule has 1 N–H and O–H groups in total. The molecule has 274 valence electrons. The van der Waals surface area contributed by atoms with Crippen LogP contribution in [-0.2, 0) is 28.7 Å². The van der Waals surface area contributed by atoms with Gasteiger partial charge in [-0.15, -0.1) is 13.2 Å². The predicted molar refractivity (Wildman–Crippen MR) is 196 cm³/mol. The van der Waals surface area contributed by atoms with Gasteiger partial charge in [-0.05, 0) is 68.7 Å². The second-order valence-electron chi connectivity index (χ2n) is 14.7. The van der Waals surface area contributed by atoms with E-state index in [0.29, 0.717) is 30.5 Å². The Balaban J connectivity index is 1.54. The molecule has 0 radical (unpaired) electrons. The van der Waals surface area contributed by atoms with E-state index in [-0.39, 0.29) is 37.3 Å². The van der Waals surface area contributed by atoms with Crippen molar-refractivity contribution in [2.24, 2.45) is 17.8 Å². The molecule has 0 unspecified atom stereocenters. The van der Waals surface area contributed by atoms with E-state index in [1.54, 1.807) is 29.0 Å². The number of nitrogens with zero attached hydrogens (tertiary/aromatic N) is 3. The third-order valence-electron chi connectivity index (χ3n) is 11.2. The smallest absolute Gasteiger partial charge is 0.313 e. The molecule has 8 atom stereocenters. The standard InChI is InChI=1S/C41H53N3O7/c1-9-11-17-33(46)42(8)28(7)36(29-15-13-12-14-16-29)50-40(49)34-32-20-21-41(51-32)35(34)38(47)44(31(24-45)25(3)4)37(41)39(48)43(22-10-2)30-23-26(5)18-19-27(30)6/h9-10,12-16,18-19,23,25,28,31-32,34-37,45H,1-2,11,17,20-22,24H2,3-8H3/t28-,31+,32-,34+,35+,36+,37-,41+/m1/s1. The first-order valence-electron chi connectivity index (χ1n) is 18.0. The summed E-state index contributed by atoms with van der Waals surface area (Å²) in [7, 11) is 1.69. The SMILES string of the molecule is C=CCCC(=O)N(C)[C@H](C)[C@H](OC(=O)[C@@H]1[C@H]2C(=O)N([C@@H](CO)C(C)C)[C@H](C(=O)N(CC=C)c3cc(C)ccc3C)[C@]23CC[C@H]1O3)c1ccccc1. The molecule has 2 aromatic carbocycles. The minimum Gasteiger partial charge on any atom is -0.455 e. The summed E-state index contributed by atoms with van der Waals surface area (Å²) < 4.78 is 13.1. The molecule has 0 aliphatic carbocycles. The van der Waals surface area contributed by atoms with E-state index >= 15 is 4.79 Å². The summed E-state index contributed by atoms with van der Waals surface area (Å²) in [4.78, 5) is 62.1. The minimum atomic E-state index is -1.30. The maximum atomic E-state index is 15.0. The maximum absolute atomic E-state index is 15.0. The van der Waals surface area contributed by atoms with Crippen LogP contribution in [0, 0.1) is 31.6 Å². The fourth-order valence-electron chi connectivity index (χ4n) is 8.33. The Hall–Kier alpha value is -4.28. The van der Waals surface area contributed by atoms with Crippen LogP contribution in [0.2, 0.25) is 0 Å². The van der Waals surface area contributed by atoms with Crippen LogP contribution in [0.15, 0.2) is 73.8 Å². The van der Waals surface area contributed by atoms with Gasteiger partial charge in [-0.1, -0.05) is 68.5 Å². The lowest BCUT2D eigenvalue weighted by atomic mass is 9.70. The van der Waals surface area contributed by atoms with Crippen molar-refractivity contribution in [3.05, 3.63) is 90.5 Å². The van der Waals surface area contributed by atoms with Gasteiger partial charge < -0.3 is 29.3 Å². The van der Waals surface area contributed by atoms with Gasteiger partial charge in [0, 0.05) is 25.7 Å². The van der Waals surface area contributed by atoms with Crippen LogP contribution in [0.5, 0.6) is 0 Å². The Kier molecular flexibility index (Phi) is 11.6. The average Bonchev–Trinajstić information content (AvgIpc) is 3.76. The lowest BCUT2D eigenvalue weighted by molar-refractivity contribution is -0.165. The van der Waals surface area contributed by atoms with Crippen molar-refractivity contribution in [2.75, 3.05) is 25.1 Å². The van der Waals surface area contributed by atoms with Crippen molar-refractivity contribution in [3.8, 4) is 0 Å². The topological polar surface area (TPSA) is 117 Å². The van der Waals surface area contributed by atoms with E-state index in [1.807, 2.05) is 83.1 Å². The van der Waals surface area contributed by atoms with Gasteiger partial charge in [-0.25, -0.2) is 0 Å². The number of likely N-dealkylation sites (tertiary alicyclic amines) is 1. The monoisotopic (exact) mass is 699 g/mol. The van der Waals surface area contributed by atoms with Crippen molar-refractivity contribution >= 4 is 29.4 Å². The average molecular weight is 700 g/mol. The number of allylic oxidation sites excluding steroid dienone is 1. The van der Waals surface area contributed by atoms with E-state index in [2.05, 4.69) is 13.2 Å². The van der Waals surface area contributed by atoms with E-state index in [4.69, 9.17) is 9.47 Å². The summed E-state index contributed by atoms with van der Waals surface area (Å²) in [6, 6.07) is 12.8. The zero-order valence-electron chi connectivity index (χ0n) is 30.8. The largest absolute Gasteiger partial charge is 0.455 e. The third-order valence-corrected chi connectivity index (χ3v) is 11.2. The highest BCUT2D eigenvalue weighted by molar-refractivity contribution is 6.05. The molecule has 3 aliphatic heterocycles. The van der Waals surface area contributed by atoms with E-state index < -0.39 is 59.6 Å². The first kappa shape index (κ1) is 38.0. The number of amides is 3. The summed E-state index contributed by atoms with van der Waals surface area (Å²) >= 11 is 0. The van der Waals surface area contributed by atoms with Crippen LogP contribution < -0.4 is 4.90 Å². The van der Waals surface area contributed by atoms with Crippen LogP contribution in [0.1, 0.15) is 69.2 Å². The van der Waals surface area contributed by atoms with Crippen molar-refractivity contribution < 1.29 is 33.8 Å². The highest BCUT2D eigenvalue weighted by Gasteiger charge is 2.76. The van der Waals surface area contributed by atoms with Gasteiger partial charge in [-0.2, -0.15) is 0 Å². The van der Waals surface area contributed by atoms with Gasteiger partial charge in [0.2, 0.25) is 11.8 Å². The Morgan fingerprint density at radius 3 is 2.43 bits per heavy atom. The molecular weight excluding hydrogens is 646 g/mol. The summed E-state index contributed by atoms with van der Waals surface area (Å²) in [5.74, 6) is -3.63. The molecule has 5 rings (SSSR count). The van der Waals surface area contributed by atoms with Crippen molar-refractivity contribution in [3.63, 3.8) is 0 Å². The molecule has 10 nitrogen and oxygen atoms in total. The summed E-state index contributed by atoms with van der Waals surface area (Å²) in [5.41, 5.74) is 1.97. The molecule has 3 heterocycles. The Bertz CT molecular complexity index is 1640. The van der Waals surface area contributed by atoms with Gasteiger partial charge in [0.25, 0.3) is 5.91 Å². The maximum Gasteiger partial charge on any atom is 0.313 e. The number of fused-ring (bicyclic) bond motifs is 1. The number of esters is 1. The Morgan fingerprint density at radius 2 is 1.80 bits per heavy atom. The third kappa shape index (κ3) is 6.88. The number of aliphatic hydroxyl groups excluding tert-OH is 1.